The lowest BCUT2D eigenvalue weighted by Gasteiger charge is -2.27. The van der Waals surface area contributed by atoms with Gasteiger partial charge in [0.05, 0.1) is 11.4 Å². The van der Waals surface area contributed by atoms with Gasteiger partial charge in [-0.25, -0.2) is 0 Å². The Balaban J connectivity index is 1.99. The van der Waals surface area contributed by atoms with E-state index in [-0.39, 0.29) is 11.8 Å². The Morgan fingerprint density at radius 2 is 2.41 bits per heavy atom. The highest BCUT2D eigenvalue weighted by molar-refractivity contribution is 5.93. The van der Waals surface area contributed by atoms with Gasteiger partial charge in [0.15, 0.2) is 0 Å². The third-order valence-electron chi connectivity index (χ3n) is 3.26. The minimum absolute atomic E-state index is 0.117. The molecule has 0 radical (unpaired) electrons. The topological polar surface area (TPSA) is 54.0 Å². The number of aryl methyl sites for hydroxylation is 1. The molecular weight excluding hydrogens is 214 g/mol. The van der Waals surface area contributed by atoms with Gasteiger partial charge in [0, 0.05) is 18.2 Å². The number of hydrogen-bond acceptors (Lipinski definition) is 3. The van der Waals surface area contributed by atoms with Crippen LogP contribution >= 0.6 is 0 Å². The fourth-order valence-electron chi connectivity index (χ4n) is 2.22. The van der Waals surface area contributed by atoms with Crippen LogP contribution in [0.5, 0.6) is 0 Å². The van der Waals surface area contributed by atoms with Gasteiger partial charge in [-0.2, -0.15) is 0 Å². The third kappa shape index (κ3) is 3.03. The molecule has 2 unspecified atom stereocenters. The highest BCUT2D eigenvalue weighted by Gasteiger charge is 2.24. The van der Waals surface area contributed by atoms with Gasteiger partial charge in [0.2, 0.25) is 5.91 Å². The summed E-state index contributed by atoms with van der Waals surface area (Å²) in [5.74, 6) is 0.236. The summed E-state index contributed by atoms with van der Waals surface area (Å²) < 4.78 is 0. The number of amides is 1. The molecule has 17 heavy (non-hydrogen) atoms. The SMILES string of the molecule is Cc1ncccc1NC(=O)C1CCNC(C)C1. The van der Waals surface area contributed by atoms with E-state index >= 15 is 0 Å². The molecule has 2 atom stereocenters. The van der Waals surface area contributed by atoms with Crippen molar-refractivity contribution in [3.05, 3.63) is 24.0 Å². The molecule has 2 rings (SSSR count). The monoisotopic (exact) mass is 233 g/mol. The summed E-state index contributed by atoms with van der Waals surface area (Å²) in [7, 11) is 0. The molecular formula is C13H19N3O. The molecule has 92 valence electrons. The van der Waals surface area contributed by atoms with E-state index in [9.17, 15) is 4.79 Å². The lowest BCUT2D eigenvalue weighted by molar-refractivity contribution is -0.120. The number of pyridine rings is 1. The highest BCUT2D eigenvalue weighted by atomic mass is 16.1. The molecule has 4 nitrogen and oxygen atoms in total. The van der Waals surface area contributed by atoms with Gasteiger partial charge in [0.1, 0.15) is 0 Å². The minimum Gasteiger partial charge on any atom is -0.324 e. The predicted molar refractivity (Wildman–Crippen MR) is 67.8 cm³/mol. The van der Waals surface area contributed by atoms with Crippen molar-refractivity contribution in [1.82, 2.24) is 10.3 Å². The fraction of sp³-hybridized carbons (Fsp3) is 0.538. The van der Waals surface area contributed by atoms with E-state index < -0.39 is 0 Å². The summed E-state index contributed by atoms with van der Waals surface area (Å²) in [6.07, 6.45) is 3.55. The maximum absolute atomic E-state index is 12.1. The number of carbonyl (C=O) groups is 1. The zero-order valence-electron chi connectivity index (χ0n) is 10.4. The third-order valence-corrected chi connectivity index (χ3v) is 3.26. The molecule has 0 saturated carbocycles. The van der Waals surface area contributed by atoms with E-state index in [1.54, 1.807) is 6.20 Å². The van der Waals surface area contributed by atoms with Crippen molar-refractivity contribution in [1.29, 1.82) is 0 Å². The van der Waals surface area contributed by atoms with Crippen molar-refractivity contribution >= 4 is 11.6 Å². The average molecular weight is 233 g/mol. The maximum Gasteiger partial charge on any atom is 0.227 e. The zero-order valence-corrected chi connectivity index (χ0v) is 10.4. The van der Waals surface area contributed by atoms with Gasteiger partial charge in [-0.3, -0.25) is 9.78 Å². The fourth-order valence-corrected chi connectivity index (χ4v) is 2.22. The second-order valence-corrected chi connectivity index (χ2v) is 4.70. The van der Waals surface area contributed by atoms with Crippen LogP contribution in [-0.2, 0) is 4.79 Å². The van der Waals surface area contributed by atoms with Crippen LogP contribution in [0.15, 0.2) is 18.3 Å². The lowest BCUT2D eigenvalue weighted by atomic mass is 9.92. The summed E-state index contributed by atoms with van der Waals surface area (Å²) in [6.45, 7) is 4.95. The Hall–Kier alpha value is -1.42. The number of nitrogens with one attached hydrogen (secondary N) is 2. The minimum atomic E-state index is 0.117. The normalized spacial score (nSPS) is 24.4. The highest BCUT2D eigenvalue weighted by Crippen LogP contribution is 2.19. The standard InChI is InChI=1S/C13H19N3O/c1-9-8-11(5-7-14-9)13(17)16-12-4-3-6-15-10(12)2/h3-4,6,9,11,14H,5,7-8H2,1-2H3,(H,16,17). The number of anilines is 1. The molecule has 1 aromatic heterocycles. The van der Waals surface area contributed by atoms with Crippen LogP contribution in [0.1, 0.15) is 25.5 Å². The van der Waals surface area contributed by atoms with Crippen molar-refractivity contribution in [2.24, 2.45) is 5.92 Å². The predicted octanol–water partition coefficient (Wildman–Crippen LogP) is 1.72. The summed E-state index contributed by atoms with van der Waals surface area (Å²) in [5.41, 5.74) is 1.69. The number of carbonyl (C=O) groups excluding carboxylic acids is 1. The van der Waals surface area contributed by atoms with E-state index in [1.807, 2.05) is 19.1 Å². The van der Waals surface area contributed by atoms with Crippen LogP contribution in [0.4, 0.5) is 5.69 Å². The van der Waals surface area contributed by atoms with Crippen LogP contribution < -0.4 is 10.6 Å². The number of rotatable bonds is 2. The first-order valence-corrected chi connectivity index (χ1v) is 6.12. The Bertz CT molecular complexity index is 405. The summed E-state index contributed by atoms with van der Waals surface area (Å²) in [6, 6.07) is 4.16. The first kappa shape index (κ1) is 12.0. The molecule has 0 aliphatic carbocycles. The number of hydrogen-bond donors (Lipinski definition) is 2. The van der Waals surface area contributed by atoms with Crippen molar-refractivity contribution in [2.75, 3.05) is 11.9 Å². The largest absolute Gasteiger partial charge is 0.324 e. The Morgan fingerprint density at radius 3 is 3.12 bits per heavy atom. The molecule has 2 heterocycles. The number of piperidine rings is 1. The van der Waals surface area contributed by atoms with Gasteiger partial charge in [-0.1, -0.05) is 0 Å². The van der Waals surface area contributed by atoms with Gasteiger partial charge in [0.25, 0.3) is 0 Å². The van der Waals surface area contributed by atoms with Crippen LogP contribution in [-0.4, -0.2) is 23.5 Å². The van der Waals surface area contributed by atoms with Gasteiger partial charge in [-0.05, 0) is 45.4 Å². The van der Waals surface area contributed by atoms with Crippen LogP contribution in [0.2, 0.25) is 0 Å². The van der Waals surface area contributed by atoms with E-state index in [0.29, 0.717) is 6.04 Å². The quantitative estimate of drug-likeness (QED) is 0.817. The summed E-state index contributed by atoms with van der Waals surface area (Å²) >= 11 is 0. The Morgan fingerprint density at radius 1 is 1.59 bits per heavy atom. The second-order valence-electron chi connectivity index (χ2n) is 4.70. The Labute approximate surface area is 102 Å². The molecule has 1 aliphatic rings. The molecule has 0 bridgehead atoms. The van der Waals surface area contributed by atoms with Crippen LogP contribution in [0.25, 0.3) is 0 Å². The summed E-state index contributed by atoms with van der Waals surface area (Å²) in [5, 5.41) is 6.32. The molecule has 1 aliphatic heterocycles. The molecule has 1 amide bonds. The van der Waals surface area contributed by atoms with Gasteiger partial charge >= 0.3 is 0 Å². The molecule has 1 aromatic rings. The first-order chi connectivity index (χ1) is 8.16. The molecule has 0 aromatic carbocycles. The van der Waals surface area contributed by atoms with Gasteiger partial charge in [-0.15, -0.1) is 0 Å². The van der Waals surface area contributed by atoms with Crippen LogP contribution in [0, 0.1) is 12.8 Å². The van der Waals surface area contributed by atoms with E-state index in [2.05, 4.69) is 22.5 Å². The zero-order chi connectivity index (χ0) is 12.3. The molecule has 2 N–H and O–H groups in total. The van der Waals surface area contributed by atoms with Crippen LogP contribution in [0.3, 0.4) is 0 Å². The molecule has 1 saturated heterocycles. The van der Waals surface area contributed by atoms with E-state index in [0.717, 1.165) is 30.8 Å². The van der Waals surface area contributed by atoms with Gasteiger partial charge < -0.3 is 10.6 Å². The Kier molecular flexibility index (Phi) is 3.74. The van der Waals surface area contributed by atoms with E-state index in [4.69, 9.17) is 0 Å². The van der Waals surface area contributed by atoms with E-state index in [1.165, 1.54) is 0 Å². The smallest absolute Gasteiger partial charge is 0.227 e. The lowest BCUT2D eigenvalue weighted by Crippen LogP contribution is -2.40. The molecule has 1 fully saturated rings. The number of nitrogens with zero attached hydrogens (tertiary/aromatic N) is 1. The van der Waals surface area contributed by atoms with Crippen molar-refractivity contribution < 1.29 is 4.79 Å². The van der Waals surface area contributed by atoms with Crippen molar-refractivity contribution in [3.8, 4) is 0 Å². The van der Waals surface area contributed by atoms with Crippen molar-refractivity contribution in [2.45, 2.75) is 32.7 Å². The molecule has 0 spiro atoms. The molecule has 4 heteroatoms. The van der Waals surface area contributed by atoms with Crippen molar-refractivity contribution in [3.63, 3.8) is 0 Å². The maximum atomic E-state index is 12.1. The average Bonchev–Trinajstić information content (AvgIpc) is 2.32. The summed E-state index contributed by atoms with van der Waals surface area (Å²) in [4.78, 5) is 16.3. The second kappa shape index (κ2) is 5.27. The number of aromatic nitrogens is 1. The first-order valence-electron chi connectivity index (χ1n) is 6.12.